The van der Waals surface area contributed by atoms with Crippen molar-refractivity contribution < 1.29 is 14.6 Å². The van der Waals surface area contributed by atoms with E-state index in [1.807, 2.05) is 42.5 Å². The Bertz CT molecular complexity index is 633. The molecule has 5 heteroatoms. The summed E-state index contributed by atoms with van der Waals surface area (Å²) in [6.07, 6.45) is -0.545. The van der Waals surface area contributed by atoms with Crippen LogP contribution in [0.2, 0.25) is 0 Å². The maximum Gasteiger partial charge on any atom is 0.231 e. The number of fused-ring (bicyclic) bond motifs is 1. The molecule has 0 saturated heterocycles. The number of hydrogen-bond donors (Lipinski definition) is 2. The van der Waals surface area contributed by atoms with Crippen molar-refractivity contribution in [3.8, 4) is 11.5 Å². The van der Waals surface area contributed by atoms with E-state index in [1.165, 1.54) is 0 Å². The summed E-state index contributed by atoms with van der Waals surface area (Å²) in [5.41, 5.74) is 1.92. The number of aliphatic hydroxyl groups excluding tert-OH is 1. The van der Waals surface area contributed by atoms with E-state index < -0.39 is 6.10 Å². The first-order valence-electron chi connectivity index (χ1n) is 6.76. The van der Waals surface area contributed by atoms with Crippen molar-refractivity contribution in [1.82, 2.24) is 5.32 Å². The lowest BCUT2D eigenvalue weighted by Crippen LogP contribution is -2.21. The third-order valence-electron chi connectivity index (χ3n) is 3.36. The lowest BCUT2D eigenvalue weighted by molar-refractivity contribution is 0.170. The molecule has 0 saturated carbocycles. The van der Waals surface area contributed by atoms with Crippen LogP contribution in [0.1, 0.15) is 17.2 Å². The second-order valence-corrected chi connectivity index (χ2v) is 5.77. The Hall–Kier alpha value is -1.56. The van der Waals surface area contributed by atoms with Crippen LogP contribution in [0.25, 0.3) is 0 Å². The smallest absolute Gasteiger partial charge is 0.231 e. The quantitative estimate of drug-likeness (QED) is 0.871. The predicted molar refractivity (Wildman–Crippen MR) is 83.4 cm³/mol. The molecule has 2 aromatic rings. The van der Waals surface area contributed by atoms with E-state index in [0.717, 1.165) is 27.1 Å². The molecule has 0 aliphatic carbocycles. The van der Waals surface area contributed by atoms with Gasteiger partial charge >= 0.3 is 0 Å². The number of hydrogen-bond acceptors (Lipinski definition) is 4. The average molecular weight is 350 g/mol. The van der Waals surface area contributed by atoms with Crippen molar-refractivity contribution in [3.63, 3.8) is 0 Å². The van der Waals surface area contributed by atoms with Gasteiger partial charge in [0.2, 0.25) is 6.79 Å². The van der Waals surface area contributed by atoms with E-state index in [1.54, 1.807) is 0 Å². The third kappa shape index (κ3) is 3.37. The molecule has 110 valence electrons. The highest BCUT2D eigenvalue weighted by atomic mass is 79.9. The summed E-state index contributed by atoms with van der Waals surface area (Å²) >= 11 is 3.41. The van der Waals surface area contributed by atoms with Gasteiger partial charge in [0.1, 0.15) is 0 Å². The second-order valence-electron chi connectivity index (χ2n) is 4.85. The van der Waals surface area contributed by atoms with Gasteiger partial charge in [0.05, 0.1) is 6.10 Å². The van der Waals surface area contributed by atoms with Gasteiger partial charge in [-0.15, -0.1) is 0 Å². The SMILES string of the molecule is OC(CNCc1cccc2c1OCO2)c1cccc(Br)c1. The van der Waals surface area contributed by atoms with E-state index in [-0.39, 0.29) is 6.79 Å². The van der Waals surface area contributed by atoms with Crippen LogP contribution in [0.15, 0.2) is 46.9 Å². The van der Waals surface area contributed by atoms with Gasteiger partial charge in [0.25, 0.3) is 0 Å². The first-order chi connectivity index (χ1) is 10.2. The molecule has 21 heavy (non-hydrogen) atoms. The van der Waals surface area contributed by atoms with Gasteiger partial charge in [-0.3, -0.25) is 0 Å². The van der Waals surface area contributed by atoms with Crippen molar-refractivity contribution in [1.29, 1.82) is 0 Å². The number of nitrogens with one attached hydrogen (secondary N) is 1. The number of benzene rings is 2. The number of para-hydroxylation sites is 1. The number of rotatable bonds is 5. The van der Waals surface area contributed by atoms with E-state index in [9.17, 15) is 5.11 Å². The normalized spacial score (nSPS) is 14.2. The molecular weight excluding hydrogens is 334 g/mol. The minimum atomic E-state index is -0.545. The topological polar surface area (TPSA) is 50.7 Å². The average Bonchev–Trinajstić information content (AvgIpc) is 2.96. The molecule has 0 fully saturated rings. The molecule has 1 heterocycles. The van der Waals surface area contributed by atoms with Crippen molar-refractivity contribution in [2.75, 3.05) is 13.3 Å². The third-order valence-corrected chi connectivity index (χ3v) is 3.86. The first-order valence-corrected chi connectivity index (χ1v) is 7.55. The fourth-order valence-electron chi connectivity index (χ4n) is 2.31. The molecule has 1 unspecified atom stereocenters. The van der Waals surface area contributed by atoms with Crippen molar-refractivity contribution in [2.24, 2.45) is 0 Å². The highest BCUT2D eigenvalue weighted by Gasteiger charge is 2.17. The first kappa shape index (κ1) is 14.4. The largest absolute Gasteiger partial charge is 0.454 e. The summed E-state index contributed by atoms with van der Waals surface area (Å²) in [4.78, 5) is 0. The molecule has 3 rings (SSSR count). The Morgan fingerprint density at radius 3 is 2.90 bits per heavy atom. The maximum atomic E-state index is 10.2. The Kier molecular flexibility index (Phi) is 4.43. The van der Waals surface area contributed by atoms with Gasteiger partial charge in [-0.05, 0) is 23.8 Å². The van der Waals surface area contributed by atoms with E-state index >= 15 is 0 Å². The molecular formula is C16H16BrNO3. The van der Waals surface area contributed by atoms with Crippen LogP contribution in [-0.4, -0.2) is 18.4 Å². The molecule has 1 aliphatic heterocycles. The summed E-state index contributed by atoms with van der Waals surface area (Å²) in [6, 6.07) is 13.5. The molecule has 1 aliphatic rings. The monoisotopic (exact) mass is 349 g/mol. The molecule has 0 amide bonds. The minimum Gasteiger partial charge on any atom is -0.454 e. The standard InChI is InChI=1S/C16H16BrNO3/c17-13-5-1-3-11(7-13)14(19)9-18-8-12-4-2-6-15-16(12)21-10-20-15/h1-7,14,18-19H,8-10H2. The zero-order valence-electron chi connectivity index (χ0n) is 11.4. The van der Waals surface area contributed by atoms with Crippen molar-refractivity contribution in [3.05, 3.63) is 58.1 Å². The lowest BCUT2D eigenvalue weighted by atomic mass is 10.1. The van der Waals surface area contributed by atoms with Crippen LogP contribution in [0.4, 0.5) is 0 Å². The van der Waals surface area contributed by atoms with Crippen LogP contribution in [0.3, 0.4) is 0 Å². The Balaban J connectivity index is 1.58. The van der Waals surface area contributed by atoms with Crippen LogP contribution < -0.4 is 14.8 Å². The molecule has 4 nitrogen and oxygen atoms in total. The Morgan fingerprint density at radius 2 is 2.05 bits per heavy atom. The summed E-state index contributed by atoms with van der Waals surface area (Å²) in [5.74, 6) is 1.57. The molecule has 1 atom stereocenters. The van der Waals surface area contributed by atoms with Gasteiger partial charge in [-0.2, -0.15) is 0 Å². The van der Waals surface area contributed by atoms with Crippen molar-refractivity contribution in [2.45, 2.75) is 12.6 Å². The van der Waals surface area contributed by atoms with Gasteiger partial charge in [-0.25, -0.2) is 0 Å². The highest BCUT2D eigenvalue weighted by Crippen LogP contribution is 2.35. The molecule has 2 aromatic carbocycles. The molecule has 0 spiro atoms. The number of aliphatic hydroxyl groups is 1. The molecule has 0 aromatic heterocycles. The number of ether oxygens (including phenoxy) is 2. The number of halogens is 1. The van der Waals surface area contributed by atoms with Gasteiger partial charge in [0, 0.05) is 23.1 Å². The summed E-state index contributed by atoms with van der Waals surface area (Å²) < 4.78 is 11.8. The Morgan fingerprint density at radius 1 is 1.19 bits per heavy atom. The van der Waals surface area contributed by atoms with E-state index in [2.05, 4.69) is 21.2 Å². The summed E-state index contributed by atoms with van der Waals surface area (Å²) in [6.45, 7) is 1.37. The maximum absolute atomic E-state index is 10.2. The highest BCUT2D eigenvalue weighted by molar-refractivity contribution is 9.10. The molecule has 2 N–H and O–H groups in total. The van der Waals surface area contributed by atoms with Crippen molar-refractivity contribution >= 4 is 15.9 Å². The van der Waals surface area contributed by atoms with Crippen LogP contribution in [0.5, 0.6) is 11.5 Å². The summed E-state index contributed by atoms with van der Waals surface area (Å²) in [5, 5.41) is 13.4. The Labute approximate surface area is 131 Å². The lowest BCUT2D eigenvalue weighted by Gasteiger charge is -2.13. The van der Waals surface area contributed by atoms with E-state index in [4.69, 9.17) is 9.47 Å². The zero-order valence-corrected chi connectivity index (χ0v) is 13.0. The van der Waals surface area contributed by atoms with Crippen LogP contribution in [-0.2, 0) is 6.54 Å². The summed E-state index contributed by atoms with van der Waals surface area (Å²) in [7, 11) is 0. The zero-order chi connectivity index (χ0) is 14.7. The van der Waals surface area contributed by atoms with Gasteiger partial charge in [0.15, 0.2) is 11.5 Å². The van der Waals surface area contributed by atoms with Gasteiger partial charge in [-0.1, -0.05) is 40.2 Å². The fourth-order valence-corrected chi connectivity index (χ4v) is 2.72. The molecule has 0 bridgehead atoms. The molecule has 0 radical (unpaired) electrons. The predicted octanol–water partition coefficient (Wildman–Crippen LogP) is 3.00. The van der Waals surface area contributed by atoms with Crippen LogP contribution in [0, 0.1) is 0 Å². The second kappa shape index (κ2) is 6.47. The fraction of sp³-hybridized carbons (Fsp3) is 0.250. The van der Waals surface area contributed by atoms with Gasteiger partial charge < -0.3 is 19.9 Å². The minimum absolute atomic E-state index is 0.271. The van der Waals surface area contributed by atoms with E-state index in [0.29, 0.717) is 13.1 Å². The van der Waals surface area contributed by atoms with Crippen LogP contribution >= 0.6 is 15.9 Å².